The smallest absolute Gasteiger partial charge is 0.287 e. The molecule has 1 aromatic heterocycles. The van der Waals surface area contributed by atoms with Gasteiger partial charge in [-0.15, -0.1) is 0 Å². The second-order valence-electron chi connectivity index (χ2n) is 4.59. The minimum atomic E-state index is -0.441. The number of ether oxygens (including phenoxy) is 1. The van der Waals surface area contributed by atoms with E-state index < -0.39 is 5.82 Å². The lowest BCUT2D eigenvalue weighted by Gasteiger charge is -2.11. The Hall–Kier alpha value is -2.30. The number of benzene rings is 1. The number of hydrogen-bond acceptors (Lipinski definition) is 3. The van der Waals surface area contributed by atoms with Crippen LogP contribution in [0.4, 0.5) is 4.39 Å². The van der Waals surface area contributed by atoms with Crippen molar-refractivity contribution in [2.24, 2.45) is 0 Å². The minimum Gasteiger partial charge on any atom is -0.488 e. The number of amides is 1. The van der Waals surface area contributed by atoms with Crippen LogP contribution in [0.15, 0.2) is 41.0 Å². The van der Waals surface area contributed by atoms with E-state index in [2.05, 4.69) is 5.32 Å². The summed E-state index contributed by atoms with van der Waals surface area (Å²) in [5, 5.41) is 2.65. The van der Waals surface area contributed by atoms with E-state index in [0.29, 0.717) is 5.56 Å². The zero-order valence-electron chi connectivity index (χ0n) is 11.4. The van der Waals surface area contributed by atoms with Crippen LogP contribution in [-0.2, 0) is 6.54 Å². The van der Waals surface area contributed by atoms with E-state index in [9.17, 15) is 9.18 Å². The Morgan fingerprint density at radius 2 is 2.20 bits per heavy atom. The molecule has 2 rings (SSSR count). The number of nitrogens with one attached hydrogen (secondary N) is 1. The molecule has 1 N–H and O–H groups in total. The van der Waals surface area contributed by atoms with Crippen molar-refractivity contribution in [2.75, 3.05) is 0 Å². The van der Waals surface area contributed by atoms with Crippen LogP contribution in [0.2, 0.25) is 0 Å². The molecule has 0 spiro atoms. The van der Waals surface area contributed by atoms with Crippen molar-refractivity contribution in [1.29, 1.82) is 0 Å². The standard InChI is InChI=1S/C15H16FNO3/c1-10(2)20-13-6-5-11(8-12(13)16)9-17-15(18)14-4-3-7-19-14/h3-8,10H,9H2,1-2H3,(H,17,18). The van der Waals surface area contributed by atoms with Gasteiger partial charge in [0.2, 0.25) is 0 Å². The molecule has 0 aliphatic rings. The summed E-state index contributed by atoms with van der Waals surface area (Å²) in [4.78, 5) is 11.7. The lowest BCUT2D eigenvalue weighted by Crippen LogP contribution is -2.22. The van der Waals surface area contributed by atoms with Gasteiger partial charge in [0, 0.05) is 6.54 Å². The van der Waals surface area contributed by atoms with Crippen molar-refractivity contribution in [3.05, 3.63) is 53.7 Å². The maximum absolute atomic E-state index is 13.8. The van der Waals surface area contributed by atoms with Gasteiger partial charge in [-0.3, -0.25) is 4.79 Å². The van der Waals surface area contributed by atoms with Crippen LogP contribution >= 0.6 is 0 Å². The predicted octanol–water partition coefficient (Wildman–Crippen LogP) is 3.14. The summed E-state index contributed by atoms with van der Waals surface area (Å²) in [6.07, 6.45) is 1.33. The Morgan fingerprint density at radius 3 is 2.80 bits per heavy atom. The Bertz CT molecular complexity index is 579. The SMILES string of the molecule is CC(C)Oc1ccc(CNC(=O)c2ccco2)cc1F. The normalized spacial score (nSPS) is 10.6. The summed E-state index contributed by atoms with van der Waals surface area (Å²) >= 11 is 0. The summed E-state index contributed by atoms with van der Waals surface area (Å²) < 4.78 is 24.0. The molecule has 106 valence electrons. The number of hydrogen-bond donors (Lipinski definition) is 1. The summed E-state index contributed by atoms with van der Waals surface area (Å²) in [5.41, 5.74) is 0.651. The van der Waals surface area contributed by atoms with Gasteiger partial charge in [-0.25, -0.2) is 4.39 Å². The molecule has 0 unspecified atom stereocenters. The third kappa shape index (κ3) is 3.60. The maximum Gasteiger partial charge on any atom is 0.287 e. The molecule has 2 aromatic rings. The van der Waals surface area contributed by atoms with Crippen molar-refractivity contribution in [1.82, 2.24) is 5.32 Å². The highest BCUT2D eigenvalue weighted by molar-refractivity contribution is 5.91. The number of furan rings is 1. The molecular weight excluding hydrogens is 261 g/mol. The largest absolute Gasteiger partial charge is 0.488 e. The summed E-state index contributed by atoms with van der Waals surface area (Å²) in [5.74, 6) is -0.340. The summed E-state index contributed by atoms with van der Waals surface area (Å²) in [6, 6.07) is 7.81. The van der Waals surface area contributed by atoms with Crippen LogP contribution in [-0.4, -0.2) is 12.0 Å². The Morgan fingerprint density at radius 1 is 1.40 bits per heavy atom. The van der Waals surface area contributed by atoms with E-state index in [1.165, 1.54) is 12.3 Å². The average Bonchev–Trinajstić information content (AvgIpc) is 2.92. The van der Waals surface area contributed by atoms with Crippen LogP contribution in [0.1, 0.15) is 30.0 Å². The zero-order chi connectivity index (χ0) is 14.5. The van der Waals surface area contributed by atoms with Crippen LogP contribution in [0.5, 0.6) is 5.75 Å². The quantitative estimate of drug-likeness (QED) is 0.913. The van der Waals surface area contributed by atoms with Gasteiger partial charge < -0.3 is 14.5 Å². The van der Waals surface area contributed by atoms with Crippen LogP contribution in [0.3, 0.4) is 0 Å². The number of carbonyl (C=O) groups is 1. The highest BCUT2D eigenvalue weighted by atomic mass is 19.1. The van der Waals surface area contributed by atoms with E-state index >= 15 is 0 Å². The van der Waals surface area contributed by atoms with Crippen LogP contribution in [0, 0.1) is 5.82 Å². The summed E-state index contributed by atoms with van der Waals surface area (Å²) in [6.45, 7) is 3.88. The molecule has 1 heterocycles. The minimum absolute atomic E-state index is 0.0889. The molecule has 5 heteroatoms. The first-order valence-corrected chi connectivity index (χ1v) is 6.33. The average molecular weight is 277 g/mol. The fraction of sp³-hybridized carbons (Fsp3) is 0.267. The molecule has 20 heavy (non-hydrogen) atoms. The number of carbonyl (C=O) groups excluding carboxylic acids is 1. The monoisotopic (exact) mass is 277 g/mol. The van der Waals surface area contributed by atoms with Gasteiger partial charge in [0.1, 0.15) is 0 Å². The van der Waals surface area contributed by atoms with E-state index in [1.807, 2.05) is 13.8 Å². The molecule has 1 aromatic carbocycles. The lowest BCUT2D eigenvalue weighted by atomic mass is 10.2. The Balaban J connectivity index is 1.97. The van der Waals surface area contributed by atoms with Crippen molar-refractivity contribution in [3.63, 3.8) is 0 Å². The van der Waals surface area contributed by atoms with Gasteiger partial charge in [-0.2, -0.15) is 0 Å². The highest BCUT2D eigenvalue weighted by Crippen LogP contribution is 2.19. The first kappa shape index (κ1) is 14.1. The zero-order valence-corrected chi connectivity index (χ0v) is 11.4. The molecule has 0 saturated heterocycles. The second kappa shape index (κ2) is 6.23. The van der Waals surface area contributed by atoms with E-state index in [4.69, 9.17) is 9.15 Å². The second-order valence-corrected chi connectivity index (χ2v) is 4.59. The molecule has 1 amide bonds. The van der Waals surface area contributed by atoms with E-state index in [-0.39, 0.29) is 30.1 Å². The fourth-order valence-corrected chi connectivity index (χ4v) is 1.68. The van der Waals surface area contributed by atoms with Gasteiger partial charge in [-0.1, -0.05) is 6.07 Å². The van der Waals surface area contributed by atoms with Crippen LogP contribution < -0.4 is 10.1 Å². The molecule has 0 aliphatic carbocycles. The molecule has 0 bridgehead atoms. The first-order valence-electron chi connectivity index (χ1n) is 6.33. The molecule has 0 atom stereocenters. The summed E-state index contributed by atoms with van der Waals surface area (Å²) in [7, 11) is 0. The van der Waals surface area contributed by atoms with Crippen molar-refractivity contribution in [2.45, 2.75) is 26.5 Å². The Labute approximate surface area is 116 Å². The lowest BCUT2D eigenvalue weighted by molar-refractivity contribution is 0.0923. The van der Waals surface area contributed by atoms with Crippen molar-refractivity contribution >= 4 is 5.91 Å². The maximum atomic E-state index is 13.8. The molecule has 0 aliphatic heterocycles. The number of rotatable bonds is 5. The van der Waals surface area contributed by atoms with Crippen molar-refractivity contribution < 1.29 is 18.3 Å². The van der Waals surface area contributed by atoms with Crippen LogP contribution in [0.25, 0.3) is 0 Å². The molecule has 0 radical (unpaired) electrons. The topological polar surface area (TPSA) is 51.5 Å². The molecule has 4 nitrogen and oxygen atoms in total. The first-order chi connectivity index (χ1) is 9.56. The fourth-order valence-electron chi connectivity index (χ4n) is 1.68. The van der Waals surface area contributed by atoms with Gasteiger partial charge in [0.15, 0.2) is 17.3 Å². The van der Waals surface area contributed by atoms with Gasteiger partial charge in [0.05, 0.1) is 12.4 Å². The van der Waals surface area contributed by atoms with Gasteiger partial charge in [0.25, 0.3) is 5.91 Å². The highest BCUT2D eigenvalue weighted by Gasteiger charge is 2.10. The van der Waals surface area contributed by atoms with E-state index in [0.717, 1.165) is 0 Å². The number of halogens is 1. The molecule has 0 fully saturated rings. The third-order valence-electron chi connectivity index (χ3n) is 2.56. The van der Waals surface area contributed by atoms with E-state index in [1.54, 1.807) is 24.3 Å². The predicted molar refractivity (Wildman–Crippen MR) is 72.0 cm³/mol. The van der Waals surface area contributed by atoms with Crippen molar-refractivity contribution in [3.8, 4) is 5.75 Å². The van der Waals surface area contributed by atoms with Gasteiger partial charge >= 0.3 is 0 Å². The van der Waals surface area contributed by atoms with Gasteiger partial charge in [-0.05, 0) is 43.7 Å². The third-order valence-corrected chi connectivity index (χ3v) is 2.56. The molecular formula is C15H16FNO3. The Kier molecular flexibility index (Phi) is 4.40. The molecule has 0 saturated carbocycles.